The molecule has 0 saturated heterocycles. The van der Waals surface area contributed by atoms with Crippen molar-refractivity contribution in [1.82, 2.24) is 5.32 Å². The Balaban J connectivity index is 2.69. The maximum atomic E-state index is 13.5. The van der Waals surface area contributed by atoms with Crippen LogP contribution in [0.3, 0.4) is 0 Å². The number of carbonyl (C=O) groups excluding carboxylic acids is 1. The first-order chi connectivity index (χ1) is 9.47. The van der Waals surface area contributed by atoms with Crippen LogP contribution >= 0.6 is 11.8 Å². The standard InChI is InChI=1S/C12H14F2N2O3S/c1-20-5-3-2-4-15-12(17)8-6-10(14)11(16(18)19)7-9(8)13/h6-7H,2-5H2,1H3,(H,15,17). The minimum Gasteiger partial charge on any atom is -0.352 e. The van der Waals surface area contributed by atoms with Crippen LogP contribution in [-0.2, 0) is 0 Å². The molecule has 0 unspecified atom stereocenters. The van der Waals surface area contributed by atoms with E-state index in [4.69, 9.17) is 0 Å². The first-order valence-corrected chi connectivity index (χ1v) is 7.27. The minimum atomic E-state index is -1.23. The van der Waals surface area contributed by atoms with Crippen molar-refractivity contribution in [1.29, 1.82) is 0 Å². The Morgan fingerprint density at radius 1 is 1.35 bits per heavy atom. The second kappa shape index (κ2) is 7.78. The average molecular weight is 304 g/mol. The highest BCUT2D eigenvalue weighted by Gasteiger charge is 2.21. The Morgan fingerprint density at radius 2 is 2.05 bits per heavy atom. The Kier molecular flexibility index (Phi) is 6.37. The van der Waals surface area contributed by atoms with E-state index in [2.05, 4.69) is 5.32 Å². The van der Waals surface area contributed by atoms with Gasteiger partial charge in [-0.05, 0) is 30.9 Å². The van der Waals surface area contributed by atoms with Gasteiger partial charge < -0.3 is 5.32 Å². The zero-order chi connectivity index (χ0) is 15.1. The smallest absolute Gasteiger partial charge is 0.307 e. The number of hydrogen-bond acceptors (Lipinski definition) is 4. The van der Waals surface area contributed by atoms with Crippen LogP contribution in [0.4, 0.5) is 14.5 Å². The molecule has 0 aliphatic heterocycles. The number of nitrogens with one attached hydrogen (secondary N) is 1. The summed E-state index contributed by atoms with van der Waals surface area (Å²) >= 11 is 1.68. The summed E-state index contributed by atoms with van der Waals surface area (Å²) < 4.78 is 26.9. The summed E-state index contributed by atoms with van der Waals surface area (Å²) in [7, 11) is 0. The summed E-state index contributed by atoms with van der Waals surface area (Å²) in [5.41, 5.74) is -1.52. The van der Waals surface area contributed by atoms with Crippen molar-refractivity contribution in [2.75, 3.05) is 18.6 Å². The van der Waals surface area contributed by atoms with Gasteiger partial charge in [0.2, 0.25) is 5.82 Å². The first-order valence-electron chi connectivity index (χ1n) is 5.88. The molecule has 110 valence electrons. The molecule has 1 N–H and O–H groups in total. The molecule has 1 rings (SSSR count). The molecule has 8 heteroatoms. The second-order valence-corrected chi connectivity index (χ2v) is 4.98. The van der Waals surface area contributed by atoms with E-state index in [1.54, 1.807) is 11.8 Å². The van der Waals surface area contributed by atoms with Crippen LogP contribution in [0.2, 0.25) is 0 Å². The Labute approximate surface area is 118 Å². The molecule has 1 aromatic carbocycles. The largest absolute Gasteiger partial charge is 0.352 e. The fourth-order valence-corrected chi connectivity index (χ4v) is 2.01. The van der Waals surface area contributed by atoms with Gasteiger partial charge in [0.15, 0.2) is 0 Å². The zero-order valence-electron chi connectivity index (χ0n) is 10.8. The summed E-state index contributed by atoms with van der Waals surface area (Å²) in [5, 5.41) is 12.9. The predicted octanol–water partition coefficient (Wildman–Crippen LogP) is 2.75. The van der Waals surface area contributed by atoms with E-state index < -0.39 is 33.7 Å². The molecule has 0 heterocycles. The van der Waals surface area contributed by atoms with E-state index in [9.17, 15) is 23.7 Å². The van der Waals surface area contributed by atoms with Gasteiger partial charge in [0.25, 0.3) is 5.91 Å². The quantitative estimate of drug-likeness (QED) is 0.477. The lowest BCUT2D eigenvalue weighted by atomic mass is 10.1. The van der Waals surface area contributed by atoms with E-state index in [0.29, 0.717) is 18.7 Å². The molecule has 0 atom stereocenters. The van der Waals surface area contributed by atoms with Gasteiger partial charge in [0.1, 0.15) is 5.82 Å². The van der Waals surface area contributed by atoms with Crippen LogP contribution in [0, 0.1) is 21.7 Å². The third-order valence-electron chi connectivity index (χ3n) is 2.54. The summed E-state index contributed by atoms with van der Waals surface area (Å²) in [6, 6.07) is 0.961. The molecule has 1 aromatic rings. The number of nitro benzene ring substituents is 1. The van der Waals surface area contributed by atoms with E-state index in [-0.39, 0.29) is 0 Å². The third kappa shape index (κ3) is 4.44. The fourth-order valence-electron chi connectivity index (χ4n) is 1.52. The number of thioether (sulfide) groups is 1. The molecule has 0 spiro atoms. The molecule has 0 aliphatic rings. The number of nitrogens with zero attached hydrogens (tertiary/aromatic N) is 1. The number of halogens is 2. The monoisotopic (exact) mass is 304 g/mol. The van der Waals surface area contributed by atoms with Gasteiger partial charge in [-0.3, -0.25) is 14.9 Å². The fraction of sp³-hybridized carbons (Fsp3) is 0.417. The van der Waals surface area contributed by atoms with Crippen molar-refractivity contribution in [2.24, 2.45) is 0 Å². The number of carbonyl (C=O) groups is 1. The van der Waals surface area contributed by atoms with Crippen LogP contribution in [0.15, 0.2) is 12.1 Å². The first kappa shape index (κ1) is 16.4. The highest BCUT2D eigenvalue weighted by molar-refractivity contribution is 7.98. The normalized spacial score (nSPS) is 10.3. The minimum absolute atomic E-state index is 0.345. The van der Waals surface area contributed by atoms with Crippen LogP contribution in [0.5, 0.6) is 0 Å². The SMILES string of the molecule is CSCCCCNC(=O)c1cc(F)c([N+](=O)[O-])cc1F. The number of benzene rings is 1. The molecule has 1 amide bonds. The van der Waals surface area contributed by atoms with Crippen LogP contribution in [0.1, 0.15) is 23.2 Å². The predicted molar refractivity (Wildman–Crippen MR) is 73.0 cm³/mol. The van der Waals surface area contributed by atoms with Crippen molar-refractivity contribution in [3.63, 3.8) is 0 Å². The van der Waals surface area contributed by atoms with Gasteiger partial charge >= 0.3 is 5.69 Å². The molecular weight excluding hydrogens is 290 g/mol. The highest BCUT2D eigenvalue weighted by Crippen LogP contribution is 2.21. The van der Waals surface area contributed by atoms with E-state index in [1.807, 2.05) is 6.26 Å². The maximum absolute atomic E-state index is 13.5. The van der Waals surface area contributed by atoms with Gasteiger partial charge in [-0.15, -0.1) is 0 Å². The van der Waals surface area contributed by atoms with Crippen molar-refractivity contribution in [3.05, 3.63) is 39.4 Å². The van der Waals surface area contributed by atoms with Gasteiger partial charge in [0.05, 0.1) is 16.6 Å². The van der Waals surface area contributed by atoms with Gasteiger partial charge in [-0.2, -0.15) is 16.2 Å². The van der Waals surface area contributed by atoms with Gasteiger partial charge in [0, 0.05) is 6.54 Å². The lowest BCUT2D eigenvalue weighted by Crippen LogP contribution is -2.25. The van der Waals surface area contributed by atoms with E-state index in [0.717, 1.165) is 18.6 Å². The number of rotatable bonds is 7. The molecule has 0 aliphatic carbocycles. The molecule has 20 heavy (non-hydrogen) atoms. The summed E-state index contributed by atoms with van der Waals surface area (Å²) in [4.78, 5) is 21.0. The lowest BCUT2D eigenvalue weighted by Gasteiger charge is -2.06. The van der Waals surface area contributed by atoms with Gasteiger partial charge in [-0.1, -0.05) is 0 Å². The van der Waals surface area contributed by atoms with Gasteiger partial charge in [-0.25, -0.2) is 4.39 Å². The van der Waals surface area contributed by atoms with Crippen molar-refractivity contribution < 1.29 is 18.5 Å². The number of nitro groups is 1. The highest BCUT2D eigenvalue weighted by atomic mass is 32.2. The van der Waals surface area contributed by atoms with Crippen molar-refractivity contribution in [2.45, 2.75) is 12.8 Å². The molecular formula is C12H14F2N2O3S. The molecule has 0 bridgehead atoms. The maximum Gasteiger partial charge on any atom is 0.307 e. The summed E-state index contributed by atoms with van der Waals surface area (Å²) in [6.45, 7) is 0.345. The topological polar surface area (TPSA) is 72.2 Å². The Hall–Kier alpha value is -1.70. The Morgan fingerprint density at radius 3 is 2.65 bits per heavy atom. The molecule has 0 saturated carbocycles. The lowest BCUT2D eigenvalue weighted by molar-refractivity contribution is -0.387. The molecule has 0 aromatic heterocycles. The second-order valence-electron chi connectivity index (χ2n) is 4.00. The number of amides is 1. The number of hydrogen-bond donors (Lipinski definition) is 1. The van der Waals surface area contributed by atoms with Crippen LogP contribution in [-0.4, -0.2) is 29.4 Å². The van der Waals surface area contributed by atoms with Crippen molar-refractivity contribution >= 4 is 23.4 Å². The summed E-state index contributed by atoms with van der Waals surface area (Å²) in [6.07, 6.45) is 3.59. The van der Waals surface area contributed by atoms with Crippen LogP contribution < -0.4 is 5.32 Å². The number of unbranched alkanes of at least 4 members (excludes halogenated alkanes) is 1. The molecule has 5 nitrogen and oxygen atoms in total. The molecule has 0 radical (unpaired) electrons. The van der Waals surface area contributed by atoms with Crippen LogP contribution in [0.25, 0.3) is 0 Å². The zero-order valence-corrected chi connectivity index (χ0v) is 11.6. The van der Waals surface area contributed by atoms with Crippen molar-refractivity contribution in [3.8, 4) is 0 Å². The third-order valence-corrected chi connectivity index (χ3v) is 3.24. The Bertz CT molecular complexity index is 512. The van der Waals surface area contributed by atoms with E-state index >= 15 is 0 Å². The average Bonchev–Trinajstić information content (AvgIpc) is 2.40. The van der Waals surface area contributed by atoms with E-state index in [1.165, 1.54) is 0 Å². The molecule has 0 fully saturated rings. The summed E-state index contributed by atoms with van der Waals surface area (Å²) in [5.74, 6) is -2.17.